The van der Waals surface area contributed by atoms with Crippen LogP contribution in [-0.4, -0.2) is 54.3 Å². The number of hydrogen-bond acceptors (Lipinski definition) is 7. The number of benzene rings is 2. The van der Waals surface area contributed by atoms with Gasteiger partial charge in [-0.25, -0.2) is 18.2 Å². The van der Waals surface area contributed by atoms with E-state index in [4.69, 9.17) is 4.74 Å². The molecule has 3 rings (SSSR count). The number of anilines is 1. The van der Waals surface area contributed by atoms with Gasteiger partial charge in [-0.15, -0.1) is 0 Å². The molecule has 0 aliphatic heterocycles. The van der Waals surface area contributed by atoms with Gasteiger partial charge in [-0.2, -0.15) is 4.31 Å². The van der Waals surface area contributed by atoms with Gasteiger partial charge in [0.15, 0.2) is 12.3 Å². The van der Waals surface area contributed by atoms with Gasteiger partial charge in [-0.1, -0.05) is 32.0 Å². The third-order valence-corrected chi connectivity index (χ3v) is 6.50. The van der Waals surface area contributed by atoms with Gasteiger partial charge in [0.25, 0.3) is 5.91 Å². The van der Waals surface area contributed by atoms with Gasteiger partial charge < -0.3 is 10.1 Å². The highest BCUT2D eigenvalue weighted by molar-refractivity contribution is 7.89. The van der Waals surface area contributed by atoms with Crippen molar-refractivity contribution in [2.45, 2.75) is 18.7 Å². The number of aromatic nitrogens is 2. The van der Waals surface area contributed by atoms with Crippen molar-refractivity contribution < 1.29 is 22.7 Å². The lowest BCUT2D eigenvalue weighted by Gasteiger charge is -2.18. The first-order chi connectivity index (χ1) is 14.8. The van der Waals surface area contributed by atoms with Crippen LogP contribution in [-0.2, 0) is 19.6 Å². The average molecular weight is 442 g/mol. The first-order valence-electron chi connectivity index (χ1n) is 9.64. The Morgan fingerprint density at radius 3 is 2.45 bits per heavy atom. The van der Waals surface area contributed by atoms with Crippen molar-refractivity contribution in [1.82, 2.24) is 14.3 Å². The minimum Gasteiger partial charge on any atom is -0.451 e. The quantitative estimate of drug-likeness (QED) is 0.532. The van der Waals surface area contributed by atoms with Crippen LogP contribution in [0.3, 0.4) is 0 Å². The van der Waals surface area contributed by atoms with E-state index in [9.17, 15) is 18.0 Å². The zero-order chi connectivity index (χ0) is 22.4. The van der Waals surface area contributed by atoms with E-state index in [-0.39, 0.29) is 16.3 Å². The molecular weight excluding hydrogens is 420 g/mol. The Hall–Kier alpha value is -3.37. The second-order valence-corrected chi connectivity index (χ2v) is 8.42. The molecule has 2 aromatic carbocycles. The number of hydrogen-bond donors (Lipinski definition) is 1. The van der Waals surface area contributed by atoms with Crippen molar-refractivity contribution in [3.8, 4) is 0 Å². The Balaban J connectivity index is 1.63. The van der Waals surface area contributed by atoms with Gasteiger partial charge in [0.05, 0.1) is 22.1 Å². The Labute approximate surface area is 180 Å². The number of sulfonamides is 1. The Bertz CT molecular complexity index is 1210. The van der Waals surface area contributed by atoms with Crippen LogP contribution in [0, 0.1) is 0 Å². The summed E-state index contributed by atoms with van der Waals surface area (Å²) in [7, 11) is -3.66. The van der Waals surface area contributed by atoms with Crippen molar-refractivity contribution in [3.05, 3.63) is 60.4 Å². The molecule has 0 aliphatic carbocycles. The van der Waals surface area contributed by atoms with Crippen LogP contribution in [0.15, 0.2) is 59.6 Å². The summed E-state index contributed by atoms with van der Waals surface area (Å²) in [5.74, 6) is -1.40. The van der Waals surface area contributed by atoms with Gasteiger partial charge in [0.1, 0.15) is 0 Å². The van der Waals surface area contributed by atoms with E-state index in [2.05, 4.69) is 15.3 Å². The SMILES string of the molecule is CCN(CC)S(=O)(=O)c1cccc(NC(=O)COC(=O)c2cnc3ccccc3n2)c1. The summed E-state index contributed by atoms with van der Waals surface area (Å²) >= 11 is 0. The maximum absolute atomic E-state index is 12.6. The minimum absolute atomic E-state index is 0.0150. The van der Waals surface area contributed by atoms with E-state index in [0.29, 0.717) is 24.1 Å². The number of carbonyl (C=O) groups is 2. The van der Waals surface area contributed by atoms with Gasteiger partial charge in [0, 0.05) is 18.8 Å². The predicted octanol–water partition coefficient (Wildman–Crippen LogP) is 2.46. The third kappa shape index (κ3) is 5.22. The topological polar surface area (TPSA) is 119 Å². The molecule has 1 heterocycles. The van der Waals surface area contributed by atoms with Gasteiger partial charge >= 0.3 is 5.97 Å². The summed E-state index contributed by atoms with van der Waals surface area (Å²) in [6.07, 6.45) is 1.28. The van der Waals surface area contributed by atoms with E-state index in [1.165, 1.54) is 28.7 Å². The number of para-hydroxylation sites is 2. The number of amides is 1. The standard InChI is InChI=1S/C21H22N4O5S/c1-3-25(4-2)31(28,29)16-9-7-8-15(12-16)23-20(26)14-30-21(27)19-13-22-17-10-5-6-11-18(17)24-19/h5-13H,3-4,14H2,1-2H3,(H,23,26). The van der Waals surface area contributed by atoms with Crippen LogP contribution in [0.2, 0.25) is 0 Å². The summed E-state index contributed by atoms with van der Waals surface area (Å²) < 4.78 is 31.6. The predicted molar refractivity (Wildman–Crippen MR) is 115 cm³/mol. The molecular formula is C21H22N4O5S. The summed E-state index contributed by atoms with van der Waals surface area (Å²) in [6.45, 7) is 3.62. The van der Waals surface area contributed by atoms with E-state index >= 15 is 0 Å². The van der Waals surface area contributed by atoms with Crippen LogP contribution in [0.5, 0.6) is 0 Å². The van der Waals surface area contributed by atoms with E-state index in [1.54, 1.807) is 38.1 Å². The molecule has 0 unspecified atom stereocenters. The number of nitrogens with zero attached hydrogens (tertiary/aromatic N) is 3. The van der Waals surface area contributed by atoms with Crippen LogP contribution < -0.4 is 5.32 Å². The maximum Gasteiger partial charge on any atom is 0.359 e. The summed E-state index contributed by atoms with van der Waals surface area (Å²) in [5.41, 5.74) is 1.43. The smallest absolute Gasteiger partial charge is 0.359 e. The summed E-state index contributed by atoms with van der Waals surface area (Å²) in [5, 5.41) is 2.53. The van der Waals surface area contributed by atoms with Crippen molar-refractivity contribution >= 4 is 38.6 Å². The van der Waals surface area contributed by atoms with E-state index in [0.717, 1.165) is 0 Å². The molecule has 31 heavy (non-hydrogen) atoms. The highest BCUT2D eigenvalue weighted by Crippen LogP contribution is 2.19. The minimum atomic E-state index is -3.66. The normalized spacial score (nSPS) is 11.5. The van der Waals surface area contributed by atoms with Gasteiger partial charge in [-0.3, -0.25) is 9.78 Å². The first-order valence-corrected chi connectivity index (χ1v) is 11.1. The molecule has 1 amide bonds. The first kappa shape index (κ1) is 22.3. The van der Waals surface area contributed by atoms with Crippen LogP contribution in [0.1, 0.15) is 24.3 Å². The fourth-order valence-electron chi connectivity index (χ4n) is 2.90. The van der Waals surface area contributed by atoms with Crippen LogP contribution >= 0.6 is 0 Å². The highest BCUT2D eigenvalue weighted by Gasteiger charge is 2.22. The van der Waals surface area contributed by atoms with E-state index in [1.807, 2.05) is 6.07 Å². The number of nitrogens with one attached hydrogen (secondary N) is 1. The van der Waals surface area contributed by atoms with Crippen molar-refractivity contribution in [3.63, 3.8) is 0 Å². The molecule has 0 atom stereocenters. The number of esters is 1. The molecule has 1 aromatic heterocycles. The van der Waals surface area contributed by atoms with Crippen molar-refractivity contribution in [1.29, 1.82) is 0 Å². The van der Waals surface area contributed by atoms with E-state index < -0.39 is 28.5 Å². The molecule has 3 aromatic rings. The fourth-order valence-corrected chi connectivity index (χ4v) is 4.41. The second-order valence-electron chi connectivity index (χ2n) is 6.49. The second kappa shape index (κ2) is 9.63. The molecule has 0 saturated heterocycles. The number of carbonyl (C=O) groups excluding carboxylic acids is 2. The lowest BCUT2D eigenvalue weighted by atomic mass is 10.3. The largest absolute Gasteiger partial charge is 0.451 e. The maximum atomic E-state index is 12.6. The zero-order valence-electron chi connectivity index (χ0n) is 17.1. The lowest BCUT2D eigenvalue weighted by Crippen LogP contribution is -2.30. The highest BCUT2D eigenvalue weighted by atomic mass is 32.2. The Kier molecular flexibility index (Phi) is 6.93. The average Bonchev–Trinajstić information content (AvgIpc) is 2.78. The molecule has 0 radical (unpaired) electrons. The molecule has 1 N–H and O–H groups in total. The fraction of sp³-hybridized carbons (Fsp3) is 0.238. The summed E-state index contributed by atoms with van der Waals surface area (Å²) in [6, 6.07) is 13.0. The molecule has 0 aliphatic rings. The number of fused-ring (bicyclic) bond motifs is 1. The van der Waals surface area contributed by atoms with Gasteiger partial charge in [-0.05, 0) is 30.3 Å². The molecule has 0 bridgehead atoms. The monoisotopic (exact) mass is 442 g/mol. The Morgan fingerprint density at radius 2 is 1.74 bits per heavy atom. The van der Waals surface area contributed by atoms with Crippen molar-refractivity contribution in [2.24, 2.45) is 0 Å². The number of ether oxygens (including phenoxy) is 1. The molecule has 0 saturated carbocycles. The Morgan fingerprint density at radius 1 is 1.03 bits per heavy atom. The zero-order valence-corrected chi connectivity index (χ0v) is 17.9. The molecule has 0 spiro atoms. The lowest BCUT2D eigenvalue weighted by molar-refractivity contribution is -0.119. The van der Waals surface area contributed by atoms with Crippen LogP contribution in [0.25, 0.3) is 11.0 Å². The van der Waals surface area contributed by atoms with Gasteiger partial charge in [0.2, 0.25) is 10.0 Å². The molecule has 9 nitrogen and oxygen atoms in total. The molecule has 162 valence electrons. The summed E-state index contributed by atoms with van der Waals surface area (Å²) in [4.78, 5) is 32.7. The molecule has 10 heteroatoms. The molecule has 0 fully saturated rings. The van der Waals surface area contributed by atoms with Crippen molar-refractivity contribution in [2.75, 3.05) is 25.0 Å². The van der Waals surface area contributed by atoms with Crippen LogP contribution in [0.4, 0.5) is 5.69 Å². The third-order valence-electron chi connectivity index (χ3n) is 4.45. The number of rotatable bonds is 8.